The summed E-state index contributed by atoms with van der Waals surface area (Å²) in [5.74, 6) is 0.846. The Hall–Kier alpha value is -0.120. The molecule has 0 unspecified atom stereocenters. The normalized spacial score (nSPS) is 44.2. The molecule has 2 rings (SSSR count). The summed E-state index contributed by atoms with van der Waals surface area (Å²) in [6.45, 7) is 2.91. The van der Waals surface area contributed by atoms with Gasteiger partial charge >= 0.3 is 0 Å². The van der Waals surface area contributed by atoms with Crippen molar-refractivity contribution in [2.24, 2.45) is 17.1 Å². The number of nitrogens with two attached hydrogens (primary N) is 1. The Morgan fingerprint density at radius 3 is 2.11 bits per heavy atom. The van der Waals surface area contributed by atoms with Crippen molar-refractivity contribution in [3.63, 3.8) is 0 Å². The first-order valence-electron chi connectivity index (χ1n) is 8.04. The number of aliphatic hydroxyl groups is 1. The van der Waals surface area contributed by atoms with Gasteiger partial charge in [-0.05, 0) is 57.3 Å². The molecule has 2 aliphatic rings. The van der Waals surface area contributed by atoms with Crippen molar-refractivity contribution < 1.29 is 9.84 Å². The number of ether oxygens (including phenoxy) is 1. The predicted molar refractivity (Wildman–Crippen MR) is 78.0 cm³/mol. The van der Waals surface area contributed by atoms with Crippen LogP contribution in [-0.4, -0.2) is 30.5 Å². The van der Waals surface area contributed by atoms with Crippen molar-refractivity contribution in [3.8, 4) is 0 Å². The molecular formula is C16H31NO2. The number of hydrogen-bond acceptors (Lipinski definition) is 3. The van der Waals surface area contributed by atoms with E-state index in [2.05, 4.69) is 6.92 Å². The Balaban J connectivity index is 2.05. The van der Waals surface area contributed by atoms with Gasteiger partial charge in [0.1, 0.15) is 0 Å². The highest BCUT2D eigenvalue weighted by atomic mass is 16.5. The highest BCUT2D eigenvalue weighted by Crippen LogP contribution is 2.52. The van der Waals surface area contributed by atoms with Crippen LogP contribution in [0.3, 0.4) is 0 Å². The summed E-state index contributed by atoms with van der Waals surface area (Å²) in [4.78, 5) is 0. The third-order valence-electron chi connectivity index (χ3n) is 6.11. The highest BCUT2D eigenvalue weighted by Gasteiger charge is 2.51. The van der Waals surface area contributed by atoms with Gasteiger partial charge in [0.25, 0.3) is 0 Å². The van der Waals surface area contributed by atoms with E-state index >= 15 is 0 Å². The minimum Gasteiger partial charge on any atom is -0.389 e. The topological polar surface area (TPSA) is 55.5 Å². The average Bonchev–Trinajstić information content (AvgIpc) is 2.48. The van der Waals surface area contributed by atoms with E-state index in [4.69, 9.17) is 10.5 Å². The maximum Gasteiger partial charge on any atom is 0.0717 e. The van der Waals surface area contributed by atoms with Crippen LogP contribution in [0.15, 0.2) is 0 Å². The zero-order valence-electron chi connectivity index (χ0n) is 12.7. The molecule has 2 saturated carbocycles. The Kier molecular flexibility index (Phi) is 4.91. The van der Waals surface area contributed by atoms with E-state index in [0.717, 1.165) is 44.4 Å². The van der Waals surface area contributed by atoms with Crippen molar-refractivity contribution in [2.45, 2.75) is 76.4 Å². The molecular weight excluding hydrogens is 238 g/mol. The third kappa shape index (κ3) is 2.84. The van der Waals surface area contributed by atoms with Crippen molar-refractivity contribution in [3.05, 3.63) is 0 Å². The zero-order chi connectivity index (χ0) is 13.9. The van der Waals surface area contributed by atoms with Gasteiger partial charge in [0.05, 0.1) is 11.7 Å². The van der Waals surface area contributed by atoms with E-state index in [1.54, 1.807) is 7.11 Å². The lowest BCUT2D eigenvalue weighted by Crippen LogP contribution is -2.56. The quantitative estimate of drug-likeness (QED) is 0.825. The van der Waals surface area contributed by atoms with E-state index < -0.39 is 5.60 Å². The van der Waals surface area contributed by atoms with Gasteiger partial charge in [0.15, 0.2) is 0 Å². The summed E-state index contributed by atoms with van der Waals surface area (Å²) in [7, 11) is 1.78. The smallest absolute Gasteiger partial charge is 0.0717 e. The summed E-state index contributed by atoms with van der Waals surface area (Å²) in [5.41, 5.74) is 5.54. The van der Waals surface area contributed by atoms with E-state index in [1.165, 1.54) is 19.3 Å². The average molecular weight is 269 g/mol. The fraction of sp³-hybridized carbons (Fsp3) is 1.00. The molecule has 2 aliphatic carbocycles. The number of rotatable bonds is 4. The van der Waals surface area contributed by atoms with Gasteiger partial charge in [-0.25, -0.2) is 0 Å². The molecule has 0 radical (unpaired) electrons. The van der Waals surface area contributed by atoms with E-state index in [9.17, 15) is 5.11 Å². The van der Waals surface area contributed by atoms with Gasteiger partial charge in [0, 0.05) is 19.1 Å². The van der Waals surface area contributed by atoms with Crippen LogP contribution in [0.4, 0.5) is 0 Å². The van der Waals surface area contributed by atoms with Crippen LogP contribution < -0.4 is 5.73 Å². The standard InChI is InChI=1S/C16H31NO2/c1-3-13-4-8-15(12-17,9-5-13)16(18)10-6-14(19-2)7-11-16/h13-14,18H,3-12,17H2,1-2H3. The Morgan fingerprint density at radius 2 is 1.68 bits per heavy atom. The molecule has 0 saturated heterocycles. The summed E-state index contributed by atoms with van der Waals surface area (Å²) < 4.78 is 5.43. The lowest BCUT2D eigenvalue weighted by Gasteiger charge is -2.53. The molecule has 3 N–H and O–H groups in total. The predicted octanol–water partition coefficient (Wildman–Crippen LogP) is 2.85. The third-order valence-corrected chi connectivity index (χ3v) is 6.11. The molecule has 0 heterocycles. The summed E-state index contributed by atoms with van der Waals surface area (Å²) in [5, 5.41) is 11.2. The minimum atomic E-state index is -0.546. The SMILES string of the molecule is CCC1CCC(CN)(C2(O)CCC(OC)CC2)CC1. The molecule has 2 fully saturated rings. The van der Waals surface area contributed by atoms with Crippen LogP contribution in [-0.2, 0) is 4.74 Å². The number of methoxy groups -OCH3 is 1. The van der Waals surface area contributed by atoms with Crippen molar-refractivity contribution in [1.82, 2.24) is 0 Å². The first-order valence-corrected chi connectivity index (χ1v) is 8.04. The Bertz CT molecular complexity index is 276. The molecule has 19 heavy (non-hydrogen) atoms. The molecule has 0 aromatic carbocycles. The monoisotopic (exact) mass is 269 g/mol. The molecule has 3 nitrogen and oxygen atoms in total. The Labute approximate surface area is 117 Å². The van der Waals surface area contributed by atoms with Crippen molar-refractivity contribution >= 4 is 0 Å². The van der Waals surface area contributed by atoms with Crippen LogP contribution in [0.1, 0.15) is 64.7 Å². The fourth-order valence-corrected chi connectivity index (χ4v) is 4.33. The molecule has 0 amide bonds. The van der Waals surface area contributed by atoms with Crippen LogP contribution in [0.5, 0.6) is 0 Å². The van der Waals surface area contributed by atoms with E-state index in [0.29, 0.717) is 12.6 Å². The van der Waals surface area contributed by atoms with Crippen molar-refractivity contribution in [1.29, 1.82) is 0 Å². The summed E-state index contributed by atoms with van der Waals surface area (Å²) in [6, 6.07) is 0. The van der Waals surface area contributed by atoms with Crippen LogP contribution in [0.25, 0.3) is 0 Å². The lowest BCUT2D eigenvalue weighted by molar-refractivity contribution is -0.142. The van der Waals surface area contributed by atoms with Crippen LogP contribution >= 0.6 is 0 Å². The van der Waals surface area contributed by atoms with Gasteiger partial charge in [-0.2, -0.15) is 0 Å². The van der Waals surface area contributed by atoms with Gasteiger partial charge in [-0.3, -0.25) is 0 Å². The Morgan fingerprint density at radius 1 is 1.11 bits per heavy atom. The second-order valence-corrected chi connectivity index (χ2v) is 6.80. The molecule has 0 aromatic heterocycles. The van der Waals surface area contributed by atoms with E-state index in [-0.39, 0.29) is 5.41 Å². The molecule has 0 atom stereocenters. The first kappa shape index (κ1) is 15.3. The maximum absolute atomic E-state index is 11.2. The first-order chi connectivity index (χ1) is 9.09. The molecule has 112 valence electrons. The fourth-order valence-electron chi connectivity index (χ4n) is 4.33. The number of hydrogen-bond donors (Lipinski definition) is 2. The van der Waals surface area contributed by atoms with Crippen LogP contribution in [0, 0.1) is 11.3 Å². The largest absolute Gasteiger partial charge is 0.389 e. The summed E-state index contributed by atoms with van der Waals surface area (Å²) >= 11 is 0. The molecule has 0 aliphatic heterocycles. The minimum absolute atomic E-state index is 0.0304. The van der Waals surface area contributed by atoms with Crippen molar-refractivity contribution in [2.75, 3.05) is 13.7 Å². The van der Waals surface area contributed by atoms with Gasteiger partial charge in [-0.1, -0.05) is 13.3 Å². The second-order valence-electron chi connectivity index (χ2n) is 6.80. The second kappa shape index (κ2) is 6.11. The zero-order valence-corrected chi connectivity index (χ0v) is 12.7. The molecule has 0 aromatic rings. The van der Waals surface area contributed by atoms with Gasteiger partial charge in [0.2, 0.25) is 0 Å². The molecule has 3 heteroatoms. The van der Waals surface area contributed by atoms with Gasteiger partial charge in [-0.15, -0.1) is 0 Å². The molecule has 0 bridgehead atoms. The molecule has 0 spiro atoms. The van der Waals surface area contributed by atoms with E-state index in [1.807, 2.05) is 0 Å². The summed E-state index contributed by atoms with van der Waals surface area (Å²) in [6.07, 6.45) is 9.98. The maximum atomic E-state index is 11.2. The lowest BCUT2D eigenvalue weighted by atomic mass is 9.57. The van der Waals surface area contributed by atoms with Gasteiger partial charge < -0.3 is 15.6 Å². The van der Waals surface area contributed by atoms with Crippen LogP contribution in [0.2, 0.25) is 0 Å². The highest BCUT2D eigenvalue weighted by molar-refractivity contribution is 5.04.